The number of carboxylic acid groups (broad SMARTS) is 1. The molecule has 0 aliphatic rings. The van der Waals surface area contributed by atoms with Crippen LogP contribution >= 0.6 is 23.2 Å². The molecule has 2 aromatic rings. The van der Waals surface area contributed by atoms with Gasteiger partial charge in [-0.3, -0.25) is 4.98 Å². The summed E-state index contributed by atoms with van der Waals surface area (Å²) in [6.45, 7) is 0. The molecule has 0 aliphatic heterocycles. The zero-order valence-electron chi connectivity index (χ0n) is 8.82. The Kier molecular flexibility index (Phi) is 3.50. The Morgan fingerprint density at radius 1 is 1.28 bits per heavy atom. The average Bonchev–Trinajstić information content (AvgIpc) is 2.32. The normalized spacial score (nSPS) is 10.4. The van der Waals surface area contributed by atoms with Crippen molar-refractivity contribution in [3.63, 3.8) is 0 Å². The molecule has 0 atom stereocenters. The molecule has 6 heteroatoms. The van der Waals surface area contributed by atoms with E-state index in [-0.39, 0.29) is 16.3 Å². The highest BCUT2D eigenvalue weighted by atomic mass is 35.5. The predicted octanol–water partition coefficient (Wildman–Crippen LogP) is 3.89. The molecular formula is C12H6Cl2FNO2. The van der Waals surface area contributed by atoms with Crippen LogP contribution in [0.1, 0.15) is 10.4 Å². The first kappa shape index (κ1) is 12.8. The van der Waals surface area contributed by atoms with Gasteiger partial charge in [0, 0.05) is 16.8 Å². The summed E-state index contributed by atoms with van der Waals surface area (Å²) in [5, 5.41) is 9.44. The molecule has 0 amide bonds. The number of halogens is 3. The number of carboxylic acids is 1. The minimum Gasteiger partial charge on any atom is -0.478 e. The van der Waals surface area contributed by atoms with Gasteiger partial charge in [-0.1, -0.05) is 23.2 Å². The maximum absolute atomic E-state index is 14.0. The van der Waals surface area contributed by atoms with Crippen LogP contribution in [0.2, 0.25) is 10.0 Å². The van der Waals surface area contributed by atoms with E-state index in [1.807, 2.05) is 0 Å². The number of aromatic nitrogens is 1. The molecule has 0 aliphatic carbocycles. The summed E-state index contributed by atoms with van der Waals surface area (Å²) in [7, 11) is 0. The maximum Gasteiger partial charge on any atom is 0.338 e. The van der Waals surface area contributed by atoms with Crippen molar-refractivity contribution in [2.24, 2.45) is 0 Å². The van der Waals surface area contributed by atoms with E-state index in [4.69, 9.17) is 28.3 Å². The third-order valence-corrected chi connectivity index (χ3v) is 2.87. The molecule has 0 bridgehead atoms. The van der Waals surface area contributed by atoms with Crippen molar-refractivity contribution in [2.75, 3.05) is 0 Å². The van der Waals surface area contributed by atoms with Gasteiger partial charge in [0.2, 0.25) is 0 Å². The van der Waals surface area contributed by atoms with Crippen molar-refractivity contribution >= 4 is 29.2 Å². The van der Waals surface area contributed by atoms with E-state index in [9.17, 15) is 9.18 Å². The summed E-state index contributed by atoms with van der Waals surface area (Å²) in [5.74, 6) is -2.30. The summed E-state index contributed by atoms with van der Waals surface area (Å²) in [6.07, 6.45) is 1.21. The lowest BCUT2D eigenvalue weighted by molar-refractivity contribution is 0.0692. The summed E-state index contributed by atoms with van der Waals surface area (Å²) in [5.41, 5.74) is -0.344. The molecule has 0 spiro atoms. The van der Waals surface area contributed by atoms with Crippen LogP contribution in [0.4, 0.5) is 4.39 Å². The Morgan fingerprint density at radius 3 is 2.67 bits per heavy atom. The quantitative estimate of drug-likeness (QED) is 0.911. The van der Waals surface area contributed by atoms with Crippen LogP contribution in [-0.4, -0.2) is 16.1 Å². The first-order valence-electron chi connectivity index (χ1n) is 4.84. The highest BCUT2D eigenvalue weighted by Gasteiger charge is 2.18. The van der Waals surface area contributed by atoms with E-state index in [2.05, 4.69) is 4.98 Å². The van der Waals surface area contributed by atoms with Crippen LogP contribution in [0.25, 0.3) is 11.3 Å². The molecule has 0 unspecified atom stereocenters. The lowest BCUT2D eigenvalue weighted by atomic mass is 10.1. The molecule has 0 fully saturated rings. The molecule has 1 aromatic heterocycles. The van der Waals surface area contributed by atoms with Gasteiger partial charge in [-0.2, -0.15) is 0 Å². The largest absolute Gasteiger partial charge is 0.478 e. The second-order valence-corrected chi connectivity index (χ2v) is 4.29. The van der Waals surface area contributed by atoms with E-state index in [0.29, 0.717) is 5.02 Å². The molecule has 2 rings (SSSR count). The van der Waals surface area contributed by atoms with E-state index >= 15 is 0 Å². The zero-order valence-corrected chi connectivity index (χ0v) is 10.3. The number of carbonyl (C=O) groups is 1. The number of aromatic carboxylic acids is 1. The van der Waals surface area contributed by atoms with Crippen LogP contribution < -0.4 is 0 Å². The fourth-order valence-corrected chi connectivity index (χ4v) is 1.85. The Balaban J connectivity index is 2.68. The summed E-state index contributed by atoms with van der Waals surface area (Å²) in [4.78, 5) is 14.6. The van der Waals surface area contributed by atoms with E-state index in [1.54, 1.807) is 6.07 Å². The standard InChI is InChI=1S/C12H6Cl2FNO2/c13-6-1-2-9(14)8(5-6)11-10(15)7(12(17)18)3-4-16-11/h1-5H,(H,17,18). The minimum absolute atomic E-state index is 0.137. The molecule has 1 aromatic carbocycles. The van der Waals surface area contributed by atoms with Crippen LogP contribution in [0.3, 0.4) is 0 Å². The number of pyridine rings is 1. The fraction of sp³-hybridized carbons (Fsp3) is 0. The number of nitrogens with zero attached hydrogens (tertiary/aromatic N) is 1. The van der Waals surface area contributed by atoms with Gasteiger partial charge in [0.1, 0.15) is 5.69 Å². The molecule has 0 radical (unpaired) electrons. The monoisotopic (exact) mass is 285 g/mol. The third-order valence-electron chi connectivity index (χ3n) is 2.30. The third kappa shape index (κ3) is 2.30. The van der Waals surface area contributed by atoms with Crippen LogP contribution in [0.15, 0.2) is 30.5 Å². The number of rotatable bonds is 2. The van der Waals surface area contributed by atoms with Gasteiger partial charge < -0.3 is 5.11 Å². The first-order valence-corrected chi connectivity index (χ1v) is 5.59. The minimum atomic E-state index is -1.37. The maximum atomic E-state index is 14.0. The van der Waals surface area contributed by atoms with Gasteiger partial charge in [0.25, 0.3) is 0 Å². The fourth-order valence-electron chi connectivity index (χ4n) is 1.48. The van der Waals surface area contributed by atoms with Crippen molar-refractivity contribution in [1.82, 2.24) is 4.98 Å². The van der Waals surface area contributed by atoms with Gasteiger partial charge in [-0.05, 0) is 24.3 Å². The molecule has 18 heavy (non-hydrogen) atoms. The number of hydrogen-bond acceptors (Lipinski definition) is 2. The second kappa shape index (κ2) is 4.92. The zero-order chi connectivity index (χ0) is 13.3. The van der Waals surface area contributed by atoms with Crippen LogP contribution in [-0.2, 0) is 0 Å². The second-order valence-electron chi connectivity index (χ2n) is 3.45. The van der Waals surface area contributed by atoms with Crippen molar-refractivity contribution in [3.05, 3.63) is 51.9 Å². The summed E-state index contributed by atoms with van der Waals surface area (Å²) in [6, 6.07) is 5.56. The van der Waals surface area contributed by atoms with Crippen LogP contribution in [0.5, 0.6) is 0 Å². The van der Waals surface area contributed by atoms with Crippen LogP contribution in [0, 0.1) is 5.82 Å². The molecule has 1 heterocycles. The molecule has 1 N–H and O–H groups in total. The molecule has 0 saturated carbocycles. The first-order chi connectivity index (χ1) is 8.50. The van der Waals surface area contributed by atoms with Gasteiger partial charge in [-0.15, -0.1) is 0 Å². The van der Waals surface area contributed by atoms with E-state index < -0.39 is 17.3 Å². The number of hydrogen-bond donors (Lipinski definition) is 1. The molecule has 3 nitrogen and oxygen atoms in total. The highest BCUT2D eigenvalue weighted by Crippen LogP contribution is 2.31. The van der Waals surface area contributed by atoms with Gasteiger partial charge >= 0.3 is 5.97 Å². The molecule has 92 valence electrons. The SMILES string of the molecule is O=C(O)c1ccnc(-c2cc(Cl)ccc2Cl)c1F. The Morgan fingerprint density at radius 2 is 2.00 bits per heavy atom. The lowest BCUT2D eigenvalue weighted by Gasteiger charge is -2.07. The lowest BCUT2D eigenvalue weighted by Crippen LogP contribution is -2.03. The summed E-state index contributed by atoms with van der Waals surface area (Å²) >= 11 is 11.7. The molecule has 0 saturated heterocycles. The Hall–Kier alpha value is -1.65. The van der Waals surface area contributed by atoms with Crippen molar-refractivity contribution in [1.29, 1.82) is 0 Å². The smallest absolute Gasteiger partial charge is 0.338 e. The number of benzene rings is 1. The average molecular weight is 286 g/mol. The van der Waals surface area contributed by atoms with Gasteiger partial charge in [-0.25, -0.2) is 9.18 Å². The van der Waals surface area contributed by atoms with E-state index in [0.717, 1.165) is 6.07 Å². The van der Waals surface area contributed by atoms with Gasteiger partial charge in [0.15, 0.2) is 5.82 Å². The highest BCUT2D eigenvalue weighted by molar-refractivity contribution is 6.35. The van der Waals surface area contributed by atoms with E-state index in [1.165, 1.54) is 18.3 Å². The molecular weight excluding hydrogens is 280 g/mol. The topological polar surface area (TPSA) is 50.2 Å². The predicted molar refractivity (Wildman–Crippen MR) is 66.6 cm³/mol. The Labute approximate surface area is 112 Å². The summed E-state index contributed by atoms with van der Waals surface area (Å²) < 4.78 is 14.0. The van der Waals surface area contributed by atoms with Crippen molar-refractivity contribution in [2.45, 2.75) is 0 Å². The Bertz CT molecular complexity index is 631. The van der Waals surface area contributed by atoms with Crippen molar-refractivity contribution in [3.8, 4) is 11.3 Å². The van der Waals surface area contributed by atoms with Crippen molar-refractivity contribution < 1.29 is 14.3 Å². The van der Waals surface area contributed by atoms with Gasteiger partial charge in [0.05, 0.1) is 10.6 Å².